The molecule has 0 aromatic heterocycles. The summed E-state index contributed by atoms with van der Waals surface area (Å²) in [6, 6.07) is 8.15. The van der Waals surface area contributed by atoms with E-state index in [9.17, 15) is 4.79 Å². The van der Waals surface area contributed by atoms with Crippen molar-refractivity contribution < 1.29 is 9.53 Å². The van der Waals surface area contributed by atoms with Gasteiger partial charge >= 0.3 is 0 Å². The lowest BCUT2D eigenvalue weighted by atomic mass is 9.89. The molecule has 3 aliphatic rings. The molecule has 1 atom stereocenters. The van der Waals surface area contributed by atoms with Crippen LogP contribution in [0.3, 0.4) is 0 Å². The average Bonchev–Trinajstić information content (AvgIpc) is 3.02. The van der Waals surface area contributed by atoms with E-state index in [1.165, 1.54) is 57.2 Å². The minimum absolute atomic E-state index is 0.0662. The van der Waals surface area contributed by atoms with E-state index < -0.39 is 0 Å². The van der Waals surface area contributed by atoms with Crippen LogP contribution in [0, 0.1) is 5.92 Å². The summed E-state index contributed by atoms with van der Waals surface area (Å²) in [6.45, 7) is 6.69. The summed E-state index contributed by atoms with van der Waals surface area (Å²) < 4.78 is 5.92. The van der Waals surface area contributed by atoms with Crippen LogP contribution in [0.15, 0.2) is 24.3 Å². The number of nitrogens with one attached hydrogen (secondary N) is 1. The van der Waals surface area contributed by atoms with Crippen molar-refractivity contribution in [3.63, 3.8) is 0 Å². The largest absolute Gasteiger partial charge is 0.488 e. The van der Waals surface area contributed by atoms with E-state index in [2.05, 4.69) is 21.2 Å². The van der Waals surface area contributed by atoms with E-state index in [1.807, 2.05) is 18.2 Å². The van der Waals surface area contributed by atoms with Crippen molar-refractivity contribution in [1.29, 1.82) is 0 Å². The van der Waals surface area contributed by atoms with Crippen LogP contribution < -0.4 is 10.1 Å². The normalized spacial score (nSPS) is 24.4. The summed E-state index contributed by atoms with van der Waals surface area (Å²) in [5.41, 5.74) is 1.24. The fourth-order valence-electron chi connectivity index (χ4n) is 4.95. The number of amides is 1. The maximum Gasteiger partial charge on any atom is 0.234 e. The van der Waals surface area contributed by atoms with Gasteiger partial charge in [0.2, 0.25) is 5.91 Å². The molecule has 2 heterocycles. The van der Waals surface area contributed by atoms with Crippen molar-refractivity contribution in [2.45, 2.75) is 51.0 Å². The fraction of sp³-hybridized carbons (Fsp3) is 0.696. The quantitative estimate of drug-likeness (QED) is 0.818. The molecule has 1 saturated heterocycles. The van der Waals surface area contributed by atoms with Crippen molar-refractivity contribution in [1.82, 2.24) is 15.1 Å². The van der Waals surface area contributed by atoms with Crippen LogP contribution in [0.2, 0.25) is 0 Å². The minimum Gasteiger partial charge on any atom is -0.488 e. The van der Waals surface area contributed by atoms with Gasteiger partial charge in [-0.05, 0) is 49.9 Å². The molecule has 4 rings (SSSR count). The first-order valence-corrected chi connectivity index (χ1v) is 11.2. The van der Waals surface area contributed by atoms with E-state index in [0.717, 1.165) is 37.7 Å². The molecule has 1 aromatic rings. The maximum absolute atomic E-state index is 12.4. The number of rotatable bonds is 6. The monoisotopic (exact) mass is 385 g/mol. The smallest absolute Gasteiger partial charge is 0.234 e. The Morgan fingerprint density at radius 3 is 2.64 bits per heavy atom. The van der Waals surface area contributed by atoms with Gasteiger partial charge in [0.05, 0.1) is 13.1 Å². The molecule has 154 valence electrons. The summed E-state index contributed by atoms with van der Waals surface area (Å²) in [5.74, 6) is 1.99. The molecule has 1 saturated carbocycles. The van der Waals surface area contributed by atoms with Gasteiger partial charge in [0.25, 0.3) is 0 Å². The highest BCUT2D eigenvalue weighted by Gasteiger charge is 2.24. The molecule has 5 nitrogen and oxygen atoms in total. The fourth-order valence-corrected chi connectivity index (χ4v) is 4.95. The van der Waals surface area contributed by atoms with Gasteiger partial charge in [-0.3, -0.25) is 9.69 Å². The third-order valence-corrected chi connectivity index (χ3v) is 6.53. The molecule has 1 aliphatic carbocycles. The first-order chi connectivity index (χ1) is 13.8. The molecule has 0 bridgehead atoms. The van der Waals surface area contributed by atoms with Gasteiger partial charge in [-0.25, -0.2) is 0 Å². The van der Waals surface area contributed by atoms with E-state index in [-0.39, 0.29) is 12.0 Å². The Bertz CT molecular complexity index is 619. The van der Waals surface area contributed by atoms with E-state index in [1.54, 1.807) is 0 Å². The minimum atomic E-state index is 0.0662. The first-order valence-electron chi connectivity index (χ1n) is 11.2. The van der Waals surface area contributed by atoms with Gasteiger partial charge in [-0.15, -0.1) is 0 Å². The number of hydrogen-bond acceptors (Lipinski definition) is 4. The summed E-state index contributed by atoms with van der Waals surface area (Å²) in [4.78, 5) is 17.4. The maximum atomic E-state index is 12.4. The molecule has 1 N–H and O–H groups in total. The molecule has 1 amide bonds. The van der Waals surface area contributed by atoms with Crippen molar-refractivity contribution in [3.8, 4) is 5.75 Å². The number of carbonyl (C=O) groups excluding carboxylic acids is 1. The summed E-state index contributed by atoms with van der Waals surface area (Å²) >= 11 is 0. The van der Waals surface area contributed by atoms with Crippen molar-refractivity contribution >= 4 is 5.91 Å². The Morgan fingerprint density at radius 1 is 1.00 bits per heavy atom. The number of nitrogens with zero attached hydrogens (tertiary/aromatic N) is 2. The third kappa shape index (κ3) is 5.48. The molecule has 2 fully saturated rings. The molecule has 1 unspecified atom stereocenters. The van der Waals surface area contributed by atoms with Crippen LogP contribution in [0.25, 0.3) is 0 Å². The van der Waals surface area contributed by atoms with Gasteiger partial charge in [-0.2, -0.15) is 0 Å². The highest BCUT2D eigenvalue weighted by molar-refractivity contribution is 5.78. The van der Waals surface area contributed by atoms with E-state index >= 15 is 0 Å². The second kappa shape index (κ2) is 9.75. The molecule has 0 spiro atoms. The number of fused-ring (bicyclic) bond motifs is 1. The van der Waals surface area contributed by atoms with Crippen LogP contribution in [-0.2, 0) is 11.2 Å². The van der Waals surface area contributed by atoms with Gasteiger partial charge in [0.1, 0.15) is 11.9 Å². The molecule has 0 radical (unpaired) electrons. The molecule has 28 heavy (non-hydrogen) atoms. The molecular formula is C23H35N3O2. The van der Waals surface area contributed by atoms with E-state index in [4.69, 9.17) is 4.74 Å². The van der Waals surface area contributed by atoms with Crippen LogP contribution in [0.4, 0.5) is 0 Å². The number of benzene rings is 1. The van der Waals surface area contributed by atoms with Crippen LogP contribution in [-0.4, -0.2) is 67.6 Å². The predicted molar refractivity (Wildman–Crippen MR) is 112 cm³/mol. The Labute approximate surface area is 169 Å². The summed E-state index contributed by atoms with van der Waals surface area (Å²) in [6.07, 6.45) is 9.21. The van der Waals surface area contributed by atoms with Crippen LogP contribution in [0.1, 0.15) is 44.1 Å². The zero-order chi connectivity index (χ0) is 19.2. The lowest BCUT2D eigenvalue weighted by molar-refractivity contribution is -0.122. The zero-order valence-electron chi connectivity index (χ0n) is 17.1. The van der Waals surface area contributed by atoms with Crippen molar-refractivity contribution in [2.75, 3.05) is 45.8 Å². The first kappa shape index (κ1) is 19.7. The van der Waals surface area contributed by atoms with Crippen LogP contribution in [0.5, 0.6) is 5.75 Å². The highest BCUT2D eigenvalue weighted by Crippen LogP contribution is 2.27. The topological polar surface area (TPSA) is 44.8 Å². The summed E-state index contributed by atoms with van der Waals surface area (Å²) in [7, 11) is 0. The standard InChI is InChI=1S/C23H35N3O2/c27-23(24-16-21-15-20-9-4-5-10-22(20)28-21)18-26-12-6-11-25(13-14-26)17-19-7-2-1-3-8-19/h4-5,9-10,19,21H,1-3,6-8,11-18H2,(H,24,27). The lowest BCUT2D eigenvalue weighted by Gasteiger charge is -2.28. The molecule has 2 aliphatic heterocycles. The van der Waals surface area contributed by atoms with Crippen molar-refractivity contribution in [2.24, 2.45) is 5.92 Å². The number of carbonyl (C=O) groups is 1. The van der Waals surface area contributed by atoms with Gasteiger partial charge in [0.15, 0.2) is 0 Å². The Hall–Kier alpha value is -1.59. The second-order valence-corrected chi connectivity index (χ2v) is 8.79. The third-order valence-electron chi connectivity index (χ3n) is 6.53. The Balaban J connectivity index is 1.15. The average molecular weight is 386 g/mol. The summed E-state index contributed by atoms with van der Waals surface area (Å²) in [5, 5.41) is 3.08. The second-order valence-electron chi connectivity index (χ2n) is 8.79. The molecular weight excluding hydrogens is 350 g/mol. The predicted octanol–water partition coefficient (Wildman–Crippen LogP) is 2.69. The van der Waals surface area contributed by atoms with Gasteiger partial charge in [0, 0.05) is 26.1 Å². The number of para-hydroxylation sites is 1. The van der Waals surface area contributed by atoms with Gasteiger partial charge < -0.3 is 15.0 Å². The number of ether oxygens (including phenoxy) is 1. The SMILES string of the molecule is O=C(CN1CCCN(CC2CCCCC2)CC1)NCC1Cc2ccccc2O1. The van der Waals surface area contributed by atoms with Gasteiger partial charge in [-0.1, -0.05) is 37.5 Å². The van der Waals surface area contributed by atoms with E-state index in [0.29, 0.717) is 13.1 Å². The Kier molecular flexibility index (Phi) is 6.86. The molecule has 1 aromatic carbocycles. The Morgan fingerprint density at radius 2 is 1.79 bits per heavy atom. The number of hydrogen-bond donors (Lipinski definition) is 1. The molecule has 5 heteroatoms. The highest BCUT2D eigenvalue weighted by atomic mass is 16.5. The lowest BCUT2D eigenvalue weighted by Crippen LogP contribution is -2.42. The van der Waals surface area contributed by atoms with Crippen molar-refractivity contribution in [3.05, 3.63) is 29.8 Å². The van der Waals surface area contributed by atoms with Crippen LogP contribution >= 0.6 is 0 Å². The zero-order valence-corrected chi connectivity index (χ0v) is 17.1.